The highest BCUT2D eigenvalue weighted by molar-refractivity contribution is 9.11. The predicted octanol–water partition coefficient (Wildman–Crippen LogP) is 2.66. The maximum Gasteiger partial charge on any atom is 0.115 e. The molecule has 2 heterocycles. The van der Waals surface area contributed by atoms with Gasteiger partial charge in [-0.2, -0.15) is 0 Å². The maximum atomic E-state index is 6.11. The van der Waals surface area contributed by atoms with Crippen LogP contribution < -0.4 is 5.73 Å². The molecule has 0 saturated carbocycles. The molecule has 0 aliphatic rings. The van der Waals surface area contributed by atoms with Crippen molar-refractivity contribution >= 4 is 27.3 Å². The molecule has 15 heavy (non-hydrogen) atoms. The Labute approximate surface area is 101 Å². The third-order valence-electron chi connectivity index (χ3n) is 2.12. The average molecular weight is 284 g/mol. The van der Waals surface area contributed by atoms with Gasteiger partial charge in [-0.3, -0.25) is 0 Å². The fourth-order valence-corrected chi connectivity index (χ4v) is 2.87. The molecule has 0 fully saturated rings. The molecular formula is C10H10BrN3S. The lowest BCUT2D eigenvalue weighted by molar-refractivity contribution is 0.869. The summed E-state index contributed by atoms with van der Waals surface area (Å²) in [5.41, 5.74) is 8.25. The molecule has 3 nitrogen and oxygen atoms in total. The van der Waals surface area contributed by atoms with Gasteiger partial charge in [0.25, 0.3) is 0 Å². The molecule has 2 aromatic heterocycles. The van der Waals surface area contributed by atoms with E-state index in [0.717, 1.165) is 14.2 Å². The van der Waals surface area contributed by atoms with Crippen LogP contribution in [0, 0.1) is 6.92 Å². The average Bonchev–Trinajstić information content (AvgIpc) is 2.59. The number of hydrogen-bond donors (Lipinski definition) is 1. The van der Waals surface area contributed by atoms with Crippen molar-refractivity contribution in [2.45, 2.75) is 13.0 Å². The van der Waals surface area contributed by atoms with E-state index in [4.69, 9.17) is 5.73 Å². The summed E-state index contributed by atoms with van der Waals surface area (Å²) in [5, 5.41) is 0. The molecule has 2 N–H and O–H groups in total. The summed E-state index contributed by atoms with van der Waals surface area (Å²) >= 11 is 5.14. The molecule has 0 amide bonds. The highest BCUT2D eigenvalue weighted by atomic mass is 79.9. The third kappa shape index (κ3) is 2.25. The van der Waals surface area contributed by atoms with Crippen LogP contribution in [0.3, 0.4) is 0 Å². The zero-order valence-electron chi connectivity index (χ0n) is 8.14. The first-order valence-corrected chi connectivity index (χ1v) is 6.05. The van der Waals surface area contributed by atoms with Gasteiger partial charge in [-0.15, -0.1) is 11.3 Å². The van der Waals surface area contributed by atoms with Crippen molar-refractivity contribution in [1.82, 2.24) is 9.97 Å². The smallest absolute Gasteiger partial charge is 0.115 e. The second-order valence-electron chi connectivity index (χ2n) is 3.25. The maximum absolute atomic E-state index is 6.11. The van der Waals surface area contributed by atoms with E-state index < -0.39 is 0 Å². The number of aromatic nitrogens is 2. The SMILES string of the molecule is Cc1cc(C(N)c2cncnc2)sc1Br. The van der Waals surface area contributed by atoms with Gasteiger partial charge in [0.15, 0.2) is 0 Å². The molecule has 2 rings (SSSR count). The number of nitrogens with two attached hydrogens (primary N) is 1. The third-order valence-corrected chi connectivity index (χ3v) is 4.34. The van der Waals surface area contributed by atoms with E-state index in [1.54, 1.807) is 23.7 Å². The van der Waals surface area contributed by atoms with Gasteiger partial charge < -0.3 is 5.73 Å². The molecule has 0 saturated heterocycles. The highest BCUT2D eigenvalue weighted by Crippen LogP contribution is 2.32. The fourth-order valence-electron chi connectivity index (χ4n) is 1.27. The summed E-state index contributed by atoms with van der Waals surface area (Å²) in [6.45, 7) is 2.05. The van der Waals surface area contributed by atoms with Crippen molar-refractivity contribution in [3.05, 3.63) is 44.6 Å². The summed E-state index contributed by atoms with van der Waals surface area (Å²) in [5.74, 6) is 0. The summed E-state index contributed by atoms with van der Waals surface area (Å²) in [6.07, 6.45) is 5.01. The molecule has 1 atom stereocenters. The van der Waals surface area contributed by atoms with Gasteiger partial charge in [0.05, 0.1) is 9.83 Å². The summed E-state index contributed by atoms with van der Waals surface area (Å²) in [7, 11) is 0. The summed E-state index contributed by atoms with van der Waals surface area (Å²) in [4.78, 5) is 9.04. The Morgan fingerprint density at radius 3 is 2.60 bits per heavy atom. The van der Waals surface area contributed by atoms with E-state index in [1.165, 1.54) is 11.9 Å². The minimum absolute atomic E-state index is 0.138. The summed E-state index contributed by atoms with van der Waals surface area (Å²) < 4.78 is 1.13. The first-order valence-electron chi connectivity index (χ1n) is 4.45. The van der Waals surface area contributed by atoms with E-state index in [2.05, 4.69) is 38.9 Å². The van der Waals surface area contributed by atoms with Crippen molar-refractivity contribution < 1.29 is 0 Å². The number of nitrogens with zero attached hydrogens (tertiary/aromatic N) is 2. The van der Waals surface area contributed by atoms with Crippen LogP contribution in [0.1, 0.15) is 22.0 Å². The largest absolute Gasteiger partial charge is 0.320 e. The molecule has 0 bridgehead atoms. The molecule has 78 valence electrons. The molecule has 0 aromatic carbocycles. The molecule has 0 aliphatic heterocycles. The van der Waals surface area contributed by atoms with E-state index in [9.17, 15) is 0 Å². The second kappa shape index (κ2) is 4.38. The van der Waals surface area contributed by atoms with Crippen LogP contribution in [0.4, 0.5) is 0 Å². The van der Waals surface area contributed by atoms with Gasteiger partial charge in [-0.1, -0.05) is 0 Å². The number of halogens is 1. The van der Waals surface area contributed by atoms with Gasteiger partial charge >= 0.3 is 0 Å². The Hall–Kier alpha value is -0.780. The fraction of sp³-hybridized carbons (Fsp3) is 0.200. The normalized spacial score (nSPS) is 12.7. The van der Waals surface area contributed by atoms with Crippen LogP contribution >= 0.6 is 27.3 Å². The number of hydrogen-bond acceptors (Lipinski definition) is 4. The van der Waals surface area contributed by atoms with Gasteiger partial charge in [-0.25, -0.2) is 9.97 Å². The van der Waals surface area contributed by atoms with Gasteiger partial charge in [0.2, 0.25) is 0 Å². The topological polar surface area (TPSA) is 51.8 Å². The quantitative estimate of drug-likeness (QED) is 0.922. The monoisotopic (exact) mass is 283 g/mol. The molecule has 0 radical (unpaired) electrons. The summed E-state index contributed by atoms with van der Waals surface area (Å²) in [6, 6.07) is 1.95. The highest BCUT2D eigenvalue weighted by Gasteiger charge is 2.13. The molecule has 0 spiro atoms. The second-order valence-corrected chi connectivity index (χ2v) is 5.66. The standard InChI is InChI=1S/C10H10BrN3S/c1-6-2-8(15-10(6)11)9(12)7-3-13-5-14-4-7/h2-5,9H,12H2,1H3. The van der Waals surface area contributed by atoms with Crippen LogP contribution in [0.25, 0.3) is 0 Å². The minimum Gasteiger partial charge on any atom is -0.320 e. The lowest BCUT2D eigenvalue weighted by Gasteiger charge is -2.07. The van der Waals surface area contributed by atoms with Crippen LogP contribution in [0.2, 0.25) is 0 Å². The zero-order chi connectivity index (χ0) is 10.8. The number of aryl methyl sites for hydroxylation is 1. The molecule has 0 aliphatic carbocycles. The van der Waals surface area contributed by atoms with Crippen molar-refractivity contribution in [2.24, 2.45) is 5.73 Å². The predicted molar refractivity (Wildman–Crippen MR) is 64.8 cm³/mol. The lowest BCUT2D eigenvalue weighted by Crippen LogP contribution is -2.10. The van der Waals surface area contributed by atoms with Crippen molar-refractivity contribution in [2.75, 3.05) is 0 Å². The molecular weight excluding hydrogens is 274 g/mol. The van der Waals surface area contributed by atoms with E-state index >= 15 is 0 Å². The van der Waals surface area contributed by atoms with E-state index in [-0.39, 0.29) is 6.04 Å². The van der Waals surface area contributed by atoms with Crippen LogP contribution in [-0.2, 0) is 0 Å². The number of rotatable bonds is 2. The van der Waals surface area contributed by atoms with Gasteiger partial charge in [0, 0.05) is 22.8 Å². The molecule has 5 heteroatoms. The Morgan fingerprint density at radius 2 is 2.07 bits per heavy atom. The molecule has 2 aromatic rings. The van der Waals surface area contributed by atoms with Crippen LogP contribution in [0.15, 0.2) is 28.6 Å². The molecule has 1 unspecified atom stereocenters. The Bertz CT molecular complexity index is 435. The Balaban J connectivity index is 2.32. The Kier molecular flexibility index (Phi) is 3.14. The Morgan fingerprint density at radius 1 is 1.40 bits per heavy atom. The van der Waals surface area contributed by atoms with Crippen molar-refractivity contribution in [3.63, 3.8) is 0 Å². The van der Waals surface area contributed by atoms with Gasteiger partial charge in [0.1, 0.15) is 6.33 Å². The minimum atomic E-state index is -0.138. The first-order chi connectivity index (χ1) is 7.18. The van der Waals surface area contributed by atoms with E-state index in [1.807, 2.05) is 0 Å². The van der Waals surface area contributed by atoms with Crippen molar-refractivity contribution in [3.8, 4) is 0 Å². The van der Waals surface area contributed by atoms with E-state index in [0.29, 0.717) is 0 Å². The van der Waals surface area contributed by atoms with Crippen molar-refractivity contribution in [1.29, 1.82) is 0 Å². The number of thiophene rings is 1. The zero-order valence-corrected chi connectivity index (χ0v) is 10.5. The van der Waals surface area contributed by atoms with Crippen LogP contribution in [-0.4, -0.2) is 9.97 Å². The first kappa shape index (κ1) is 10.7. The lowest BCUT2D eigenvalue weighted by atomic mass is 10.1. The van der Waals surface area contributed by atoms with Gasteiger partial charge in [-0.05, 0) is 34.5 Å². The van der Waals surface area contributed by atoms with Crippen LogP contribution in [0.5, 0.6) is 0 Å².